The molecule has 2 N–H and O–H groups in total. The van der Waals surface area contributed by atoms with Gasteiger partial charge in [-0.3, -0.25) is 0 Å². The monoisotopic (exact) mass is 540 g/mol. The molecule has 0 fully saturated rings. The van der Waals surface area contributed by atoms with Crippen molar-refractivity contribution in [3.8, 4) is 0 Å². The maximum Gasteiger partial charge on any atom is -1.00 e. The summed E-state index contributed by atoms with van der Waals surface area (Å²) < 4.78 is 5.97. The van der Waals surface area contributed by atoms with E-state index in [0.717, 1.165) is 36.8 Å². The first-order valence-electron chi connectivity index (χ1n) is 10.4. The van der Waals surface area contributed by atoms with Gasteiger partial charge in [-0.05, 0) is 0 Å². The van der Waals surface area contributed by atoms with Crippen molar-refractivity contribution >= 4 is 11.8 Å². The Kier molecular flexibility index (Phi) is 13.6. The summed E-state index contributed by atoms with van der Waals surface area (Å²) in [5, 5.41) is 0. The van der Waals surface area contributed by atoms with E-state index >= 15 is 0 Å². The van der Waals surface area contributed by atoms with E-state index in [4.69, 9.17) is 0 Å². The smallest absolute Gasteiger partial charge is 1.00 e. The Hall–Kier alpha value is -1.16. The third-order valence-corrected chi connectivity index (χ3v) is 7.41. The van der Waals surface area contributed by atoms with Gasteiger partial charge in [0, 0.05) is 0 Å². The van der Waals surface area contributed by atoms with Crippen LogP contribution in [-0.4, -0.2) is 11.8 Å². The van der Waals surface area contributed by atoms with Crippen LogP contribution in [0.25, 0.3) is 0 Å². The molecule has 7 heteroatoms. The van der Waals surface area contributed by atoms with Crippen molar-refractivity contribution in [2.75, 3.05) is 0 Å². The second kappa shape index (κ2) is 14.1. The number of aryl methyl sites for hydroxylation is 2. The van der Waals surface area contributed by atoms with Crippen LogP contribution in [0.4, 0.5) is 0 Å². The van der Waals surface area contributed by atoms with Gasteiger partial charge in [0.15, 0.2) is 0 Å². The minimum absolute atomic E-state index is 0. The Bertz CT molecular complexity index is 843. The number of halogens is 2. The Labute approximate surface area is 211 Å². The molecule has 0 unspecified atom stereocenters. The summed E-state index contributed by atoms with van der Waals surface area (Å²) in [6.07, 6.45) is 4.23. The summed E-state index contributed by atoms with van der Waals surface area (Å²) in [6, 6.07) is 7.91. The van der Waals surface area contributed by atoms with Crippen molar-refractivity contribution in [3.05, 3.63) is 68.8 Å². The number of benzene rings is 2. The predicted molar refractivity (Wildman–Crippen MR) is 115 cm³/mol. The Balaban J connectivity index is 0.00000450. The molecule has 4 nitrogen and oxygen atoms in total. The molecule has 0 aliphatic carbocycles. The first-order valence-corrected chi connectivity index (χ1v) is 12.8. The summed E-state index contributed by atoms with van der Waals surface area (Å²) in [5.74, 6) is -0.182. The number of hydrogen-bond acceptors (Lipinski definition) is 2. The molecule has 2 rings (SSSR count). The molecule has 0 aliphatic heterocycles. The molecule has 168 valence electrons. The fourth-order valence-electron chi connectivity index (χ4n) is 3.61. The van der Waals surface area contributed by atoms with Crippen molar-refractivity contribution in [1.29, 1.82) is 0 Å². The second-order valence-electron chi connectivity index (χ2n) is 7.58. The molecule has 0 atom stereocenters. The van der Waals surface area contributed by atoms with Gasteiger partial charge < -0.3 is 24.8 Å². The van der Waals surface area contributed by atoms with Gasteiger partial charge in [-0.1, -0.05) is 0 Å². The minimum Gasteiger partial charge on any atom is -1.00 e. The summed E-state index contributed by atoms with van der Waals surface area (Å²) >= 11 is -1.57. The largest absolute Gasteiger partial charge is 1.00 e. The third kappa shape index (κ3) is 7.44. The van der Waals surface area contributed by atoms with Gasteiger partial charge in [0.05, 0.1) is 0 Å². The van der Waals surface area contributed by atoms with E-state index in [0.29, 0.717) is 11.1 Å². The van der Waals surface area contributed by atoms with Crippen LogP contribution in [0, 0.1) is 27.7 Å². The number of rotatable bonds is 8. The second-order valence-corrected chi connectivity index (χ2v) is 9.42. The summed E-state index contributed by atoms with van der Waals surface area (Å²) in [7, 11) is 0. The molecule has 2 aromatic rings. The molecule has 0 bridgehead atoms. The van der Waals surface area contributed by atoms with Gasteiger partial charge in [0.2, 0.25) is 0 Å². The summed E-state index contributed by atoms with van der Waals surface area (Å²) in [5.41, 5.74) is 8.43. The minimum atomic E-state index is -1.57. The third-order valence-electron chi connectivity index (χ3n) is 5.68. The maximum absolute atomic E-state index is 12.6. The van der Waals surface area contributed by atoms with Gasteiger partial charge >= 0.3 is 188 Å². The predicted octanol–water partition coefficient (Wildman–Crippen LogP) is -1.09. The van der Waals surface area contributed by atoms with Crippen molar-refractivity contribution < 1.29 is 58.2 Å². The number of nitrogens with one attached hydrogen (secondary N) is 2. The molecule has 0 spiro atoms. The van der Waals surface area contributed by atoms with E-state index in [-0.39, 0.29) is 36.6 Å². The fourth-order valence-corrected chi connectivity index (χ4v) is 4.98. The molecule has 0 saturated carbocycles. The zero-order valence-corrected chi connectivity index (χ0v) is 23.2. The molecular weight excluding hydrogens is 510 g/mol. The van der Waals surface area contributed by atoms with E-state index in [1.807, 2.05) is 38.1 Å². The van der Waals surface area contributed by atoms with Crippen LogP contribution in [-0.2, 0) is 36.7 Å². The molecule has 0 aliphatic rings. The van der Waals surface area contributed by atoms with Gasteiger partial charge in [-0.2, -0.15) is 0 Å². The van der Waals surface area contributed by atoms with E-state index in [1.54, 1.807) is 0 Å². The van der Waals surface area contributed by atoms with Crippen molar-refractivity contribution in [3.63, 3.8) is 0 Å². The van der Waals surface area contributed by atoms with E-state index in [1.165, 1.54) is 22.3 Å². The zero-order chi connectivity index (χ0) is 21.6. The van der Waals surface area contributed by atoms with Crippen LogP contribution in [0.5, 0.6) is 0 Å². The maximum atomic E-state index is 12.6. The van der Waals surface area contributed by atoms with Crippen LogP contribution < -0.4 is 31.3 Å². The number of carbonyl (C=O) groups is 2. The van der Waals surface area contributed by atoms with Gasteiger partial charge in [-0.25, -0.2) is 0 Å². The van der Waals surface area contributed by atoms with Crippen molar-refractivity contribution in [2.45, 2.75) is 67.2 Å². The SMILES string of the molecule is CCCc1ccc(C(=O)[NH][Zr+2][NH]C(=O)c2ccc(CCC)c(C)c2C)c(C)c1C.[Cl-].[Cl-]. The van der Waals surface area contributed by atoms with Crippen molar-refractivity contribution in [1.82, 2.24) is 6.52 Å². The average Bonchev–Trinajstić information content (AvgIpc) is 2.69. The Morgan fingerprint density at radius 2 is 1.03 bits per heavy atom. The van der Waals surface area contributed by atoms with Gasteiger partial charge in [0.25, 0.3) is 0 Å². The molecule has 31 heavy (non-hydrogen) atoms. The number of hydrogen-bond donors (Lipinski definition) is 2. The van der Waals surface area contributed by atoms with E-state index < -0.39 is 23.8 Å². The number of carbonyl (C=O) groups excluding carboxylic acids is 2. The van der Waals surface area contributed by atoms with Crippen LogP contribution >= 0.6 is 0 Å². The standard InChI is InChI=1S/2C12H17NO.2ClH.Zr/c2*1-4-5-10-6-7-11(12(13)14)9(3)8(10)2;;;/h2*6-7H,4-5H2,1-3H3,(H2,13,14);2*1H;/q;;;;+4/p-4. The molecule has 0 saturated heterocycles. The topological polar surface area (TPSA) is 58.2 Å². The average molecular weight is 543 g/mol. The molecular formula is C24H32Cl2N2O2Zr. The van der Waals surface area contributed by atoms with Gasteiger partial charge in [-0.15, -0.1) is 0 Å². The molecule has 2 aromatic carbocycles. The first kappa shape index (κ1) is 29.8. The first-order chi connectivity index (χ1) is 13.8. The fraction of sp³-hybridized carbons (Fsp3) is 0.417. The van der Waals surface area contributed by atoms with Crippen LogP contribution in [0.2, 0.25) is 0 Å². The summed E-state index contributed by atoms with van der Waals surface area (Å²) in [6.45, 7) is 12.5. The molecule has 0 radical (unpaired) electrons. The van der Waals surface area contributed by atoms with Crippen LogP contribution in [0.15, 0.2) is 24.3 Å². The van der Waals surface area contributed by atoms with Crippen molar-refractivity contribution in [2.24, 2.45) is 0 Å². The molecule has 0 heterocycles. The molecule has 2 amide bonds. The summed E-state index contributed by atoms with van der Waals surface area (Å²) in [4.78, 5) is 25.2. The Morgan fingerprint density at radius 3 is 1.35 bits per heavy atom. The van der Waals surface area contributed by atoms with Crippen LogP contribution in [0.1, 0.15) is 80.8 Å². The normalized spacial score (nSPS) is 9.74. The zero-order valence-electron chi connectivity index (χ0n) is 19.2. The Morgan fingerprint density at radius 1 is 0.677 bits per heavy atom. The quantitative estimate of drug-likeness (QED) is 0.446. The van der Waals surface area contributed by atoms with E-state index in [9.17, 15) is 9.59 Å². The van der Waals surface area contributed by atoms with Gasteiger partial charge in [0.1, 0.15) is 0 Å². The van der Waals surface area contributed by atoms with Crippen LogP contribution in [0.3, 0.4) is 0 Å². The number of amides is 2. The molecule has 0 aromatic heterocycles. The van der Waals surface area contributed by atoms with E-state index in [2.05, 4.69) is 34.2 Å².